The van der Waals surface area contributed by atoms with Gasteiger partial charge in [-0.2, -0.15) is 0 Å². The summed E-state index contributed by atoms with van der Waals surface area (Å²) in [5.74, 6) is -1.24. The zero-order valence-electron chi connectivity index (χ0n) is 11.7. The predicted octanol–water partition coefficient (Wildman–Crippen LogP) is 3.08. The average molecular weight is 297 g/mol. The summed E-state index contributed by atoms with van der Waals surface area (Å²) in [5.41, 5.74) is 2.83. The highest BCUT2D eigenvalue weighted by molar-refractivity contribution is 5.87. The monoisotopic (exact) mass is 297 g/mol. The molecule has 1 N–H and O–H groups in total. The molecule has 2 aromatic carbocycles. The van der Waals surface area contributed by atoms with Crippen molar-refractivity contribution in [2.45, 2.75) is 6.92 Å². The quantitative estimate of drug-likeness (QED) is 0.806. The van der Waals surface area contributed by atoms with Gasteiger partial charge < -0.3 is 5.11 Å². The van der Waals surface area contributed by atoms with Crippen LogP contribution in [0.4, 0.5) is 4.39 Å². The minimum atomic E-state index is -0.979. The molecule has 0 radical (unpaired) electrons. The van der Waals surface area contributed by atoms with Crippen LogP contribution in [0, 0.1) is 12.7 Å². The molecule has 5 nitrogen and oxygen atoms in total. The second kappa shape index (κ2) is 5.40. The summed E-state index contributed by atoms with van der Waals surface area (Å²) in [7, 11) is 0. The van der Waals surface area contributed by atoms with Crippen LogP contribution < -0.4 is 0 Å². The maximum absolute atomic E-state index is 13.3. The van der Waals surface area contributed by atoms with Gasteiger partial charge in [0.1, 0.15) is 11.5 Å². The predicted molar refractivity (Wildman–Crippen MR) is 78.4 cm³/mol. The Bertz CT molecular complexity index is 841. The standard InChI is InChI=1S/C16H12FN3O2/c1-10-8-12(4-7-14(10)17)15-9-20(19-18-15)13-5-2-11(3-6-13)16(21)22/h2-9H,1H3,(H,21,22). The number of aryl methyl sites for hydroxylation is 1. The van der Waals surface area contributed by atoms with Crippen LogP contribution in [0.15, 0.2) is 48.7 Å². The van der Waals surface area contributed by atoms with E-state index in [4.69, 9.17) is 5.11 Å². The van der Waals surface area contributed by atoms with Crippen molar-refractivity contribution in [3.05, 3.63) is 65.6 Å². The number of carboxylic acid groups (broad SMARTS) is 1. The fourth-order valence-corrected chi connectivity index (χ4v) is 2.08. The first kappa shape index (κ1) is 13.9. The van der Waals surface area contributed by atoms with Crippen LogP contribution in [0.5, 0.6) is 0 Å². The maximum atomic E-state index is 13.3. The Morgan fingerprint density at radius 1 is 1.18 bits per heavy atom. The topological polar surface area (TPSA) is 68.0 Å². The van der Waals surface area contributed by atoms with Crippen molar-refractivity contribution in [2.75, 3.05) is 0 Å². The van der Waals surface area contributed by atoms with Gasteiger partial charge in [0.25, 0.3) is 0 Å². The van der Waals surface area contributed by atoms with E-state index in [0.717, 1.165) is 5.56 Å². The fraction of sp³-hybridized carbons (Fsp3) is 0.0625. The first-order valence-corrected chi connectivity index (χ1v) is 6.57. The van der Waals surface area contributed by atoms with Gasteiger partial charge in [-0.3, -0.25) is 0 Å². The molecule has 0 saturated carbocycles. The molecule has 0 saturated heterocycles. The van der Waals surface area contributed by atoms with Crippen molar-refractivity contribution in [1.29, 1.82) is 0 Å². The van der Waals surface area contributed by atoms with Crippen molar-refractivity contribution in [3.63, 3.8) is 0 Å². The van der Waals surface area contributed by atoms with E-state index in [1.807, 2.05) is 0 Å². The largest absolute Gasteiger partial charge is 0.478 e. The van der Waals surface area contributed by atoms with E-state index < -0.39 is 5.97 Å². The number of rotatable bonds is 3. The van der Waals surface area contributed by atoms with E-state index in [-0.39, 0.29) is 11.4 Å². The van der Waals surface area contributed by atoms with Crippen LogP contribution in [-0.4, -0.2) is 26.1 Å². The van der Waals surface area contributed by atoms with E-state index in [1.54, 1.807) is 42.1 Å². The Morgan fingerprint density at radius 3 is 2.55 bits per heavy atom. The third-order valence-corrected chi connectivity index (χ3v) is 3.33. The van der Waals surface area contributed by atoms with Gasteiger partial charge in [0, 0.05) is 5.56 Å². The lowest BCUT2D eigenvalue weighted by atomic mass is 10.1. The summed E-state index contributed by atoms with van der Waals surface area (Å²) >= 11 is 0. The summed E-state index contributed by atoms with van der Waals surface area (Å²) in [5, 5.41) is 17.0. The first-order chi connectivity index (χ1) is 10.5. The number of halogens is 1. The van der Waals surface area contributed by atoms with Crippen molar-refractivity contribution in [2.24, 2.45) is 0 Å². The summed E-state index contributed by atoms with van der Waals surface area (Å²) in [6.07, 6.45) is 1.71. The van der Waals surface area contributed by atoms with Gasteiger partial charge in [-0.05, 0) is 55.0 Å². The lowest BCUT2D eigenvalue weighted by molar-refractivity contribution is 0.0697. The lowest BCUT2D eigenvalue weighted by Gasteiger charge is -2.01. The van der Waals surface area contributed by atoms with Gasteiger partial charge in [-0.1, -0.05) is 5.21 Å². The molecule has 3 rings (SSSR count). The molecule has 0 aliphatic heterocycles. The van der Waals surface area contributed by atoms with Crippen LogP contribution in [0.2, 0.25) is 0 Å². The maximum Gasteiger partial charge on any atom is 0.335 e. The average Bonchev–Trinajstić information content (AvgIpc) is 3.00. The van der Waals surface area contributed by atoms with Gasteiger partial charge in [0.05, 0.1) is 17.4 Å². The van der Waals surface area contributed by atoms with Crippen molar-refractivity contribution >= 4 is 5.97 Å². The number of aromatic nitrogens is 3. The summed E-state index contributed by atoms with van der Waals surface area (Å²) < 4.78 is 14.8. The zero-order chi connectivity index (χ0) is 15.7. The molecule has 0 amide bonds. The molecule has 0 bridgehead atoms. The van der Waals surface area contributed by atoms with Gasteiger partial charge in [-0.25, -0.2) is 13.9 Å². The molecule has 6 heteroatoms. The molecule has 110 valence electrons. The van der Waals surface area contributed by atoms with Crippen molar-refractivity contribution < 1.29 is 14.3 Å². The van der Waals surface area contributed by atoms with E-state index >= 15 is 0 Å². The Hall–Kier alpha value is -3.02. The number of carbonyl (C=O) groups is 1. The molecular weight excluding hydrogens is 285 g/mol. The smallest absolute Gasteiger partial charge is 0.335 e. The second-order valence-corrected chi connectivity index (χ2v) is 4.86. The number of carboxylic acids is 1. The Labute approximate surface area is 125 Å². The first-order valence-electron chi connectivity index (χ1n) is 6.57. The highest BCUT2D eigenvalue weighted by Crippen LogP contribution is 2.20. The molecule has 1 heterocycles. The Balaban J connectivity index is 1.93. The Morgan fingerprint density at radius 2 is 1.91 bits per heavy atom. The van der Waals surface area contributed by atoms with Crippen LogP contribution in [0.25, 0.3) is 16.9 Å². The van der Waals surface area contributed by atoms with Gasteiger partial charge >= 0.3 is 5.97 Å². The molecule has 0 aliphatic carbocycles. The van der Waals surface area contributed by atoms with Crippen LogP contribution in [-0.2, 0) is 0 Å². The molecule has 0 aliphatic rings. The molecule has 3 aromatic rings. The zero-order valence-corrected chi connectivity index (χ0v) is 11.7. The minimum absolute atomic E-state index is 0.207. The molecule has 0 spiro atoms. The molecule has 1 aromatic heterocycles. The molecule has 0 fully saturated rings. The third-order valence-electron chi connectivity index (χ3n) is 3.33. The summed E-state index contributed by atoms with van der Waals surface area (Å²) in [6.45, 7) is 1.69. The minimum Gasteiger partial charge on any atom is -0.478 e. The van der Waals surface area contributed by atoms with Gasteiger partial charge in [0.15, 0.2) is 0 Å². The number of hydrogen-bond donors (Lipinski definition) is 1. The number of nitrogens with zero attached hydrogens (tertiary/aromatic N) is 3. The SMILES string of the molecule is Cc1cc(-c2cn(-c3ccc(C(=O)O)cc3)nn2)ccc1F. The molecule has 0 unspecified atom stereocenters. The highest BCUT2D eigenvalue weighted by Gasteiger charge is 2.08. The van der Waals surface area contributed by atoms with Crippen molar-refractivity contribution in [3.8, 4) is 16.9 Å². The Kier molecular flexibility index (Phi) is 3.42. The lowest BCUT2D eigenvalue weighted by Crippen LogP contribution is -1.98. The van der Waals surface area contributed by atoms with Crippen LogP contribution in [0.3, 0.4) is 0 Å². The number of hydrogen-bond acceptors (Lipinski definition) is 3. The fourth-order valence-electron chi connectivity index (χ4n) is 2.08. The molecular formula is C16H12FN3O2. The summed E-state index contributed by atoms with van der Waals surface area (Å²) in [4.78, 5) is 10.8. The summed E-state index contributed by atoms with van der Waals surface area (Å²) in [6, 6.07) is 11.0. The van der Waals surface area contributed by atoms with Crippen molar-refractivity contribution in [1.82, 2.24) is 15.0 Å². The van der Waals surface area contributed by atoms with Crippen LogP contribution >= 0.6 is 0 Å². The van der Waals surface area contributed by atoms with Gasteiger partial charge in [0.2, 0.25) is 0 Å². The van der Waals surface area contributed by atoms with E-state index in [9.17, 15) is 9.18 Å². The van der Waals surface area contributed by atoms with E-state index in [0.29, 0.717) is 16.9 Å². The highest BCUT2D eigenvalue weighted by atomic mass is 19.1. The van der Waals surface area contributed by atoms with E-state index in [2.05, 4.69) is 10.3 Å². The van der Waals surface area contributed by atoms with Gasteiger partial charge in [-0.15, -0.1) is 5.10 Å². The van der Waals surface area contributed by atoms with Crippen LogP contribution in [0.1, 0.15) is 15.9 Å². The number of aromatic carboxylic acids is 1. The molecule has 0 atom stereocenters. The number of benzene rings is 2. The normalized spacial score (nSPS) is 10.6. The second-order valence-electron chi connectivity index (χ2n) is 4.86. The van der Waals surface area contributed by atoms with E-state index in [1.165, 1.54) is 18.2 Å². The molecule has 22 heavy (non-hydrogen) atoms. The third kappa shape index (κ3) is 2.58.